The number of carbonyl (C=O) groups is 1. The van der Waals surface area contributed by atoms with E-state index in [1.54, 1.807) is 0 Å². The van der Waals surface area contributed by atoms with E-state index in [2.05, 4.69) is 24.1 Å². The molecule has 1 rings (SSSR count). The first kappa shape index (κ1) is 17.4. The Kier molecular flexibility index (Phi) is 6.55. The number of carbonyl (C=O) groups excluding carboxylic acids is 1. The minimum Gasteiger partial charge on any atom is -0.394 e. The quantitative estimate of drug-likeness (QED) is 0.600. The van der Waals surface area contributed by atoms with Gasteiger partial charge in [0, 0.05) is 18.2 Å². The SMILES string of the molecule is CC(C)N(C)CCCCNC(=O)c1cc(F)c(N)c(F)c1. The van der Waals surface area contributed by atoms with Crippen molar-refractivity contribution in [1.82, 2.24) is 10.2 Å². The van der Waals surface area contributed by atoms with Gasteiger partial charge in [-0.2, -0.15) is 0 Å². The summed E-state index contributed by atoms with van der Waals surface area (Å²) in [5, 5.41) is 2.64. The molecule has 0 radical (unpaired) electrons. The molecule has 0 unspecified atom stereocenters. The summed E-state index contributed by atoms with van der Waals surface area (Å²) in [4.78, 5) is 14.0. The molecule has 118 valence electrons. The molecule has 0 aliphatic rings. The molecular weight excluding hydrogens is 276 g/mol. The average Bonchev–Trinajstić information content (AvgIpc) is 2.43. The van der Waals surface area contributed by atoms with Gasteiger partial charge in [-0.25, -0.2) is 8.78 Å². The highest BCUT2D eigenvalue weighted by Crippen LogP contribution is 2.17. The molecule has 4 nitrogen and oxygen atoms in total. The standard InChI is InChI=1S/C15H23F2N3O/c1-10(2)20(3)7-5-4-6-19-15(21)11-8-12(16)14(18)13(17)9-11/h8-10H,4-7,18H2,1-3H3,(H,19,21). The summed E-state index contributed by atoms with van der Waals surface area (Å²) in [7, 11) is 2.04. The molecule has 1 aromatic carbocycles. The number of unbranched alkanes of at least 4 members (excludes halogenated alkanes) is 1. The van der Waals surface area contributed by atoms with E-state index in [-0.39, 0.29) is 5.56 Å². The number of nitrogen functional groups attached to an aromatic ring is 1. The number of nitrogens with one attached hydrogen (secondary N) is 1. The van der Waals surface area contributed by atoms with E-state index in [9.17, 15) is 13.6 Å². The molecule has 3 N–H and O–H groups in total. The van der Waals surface area contributed by atoms with Gasteiger partial charge >= 0.3 is 0 Å². The lowest BCUT2D eigenvalue weighted by Gasteiger charge is -2.20. The van der Waals surface area contributed by atoms with Crippen LogP contribution in [0.4, 0.5) is 14.5 Å². The Morgan fingerprint density at radius 3 is 2.38 bits per heavy atom. The highest BCUT2D eigenvalue weighted by atomic mass is 19.1. The van der Waals surface area contributed by atoms with Crippen LogP contribution in [0.5, 0.6) is 0 Å². The average molecular weight is 299 g/mol. The second-order valence-corrected chi connectivity index (χ2v) is 5.39. The van der Waals surface area contributed by atoms with Crippen molar-refractivity contribution in [3.05, 3.63) is 29.3 Å². The first-order valence-electron chi connectivity index (χ1n) is 7.06. The Bertz CT molecular complexity index is 469. The third-order valence-electron chi connectivity index (χ3n) is 3.45. The fraction of sp³-hybridized carbons (Fsp3) is 0.533. The molecule has 0 aromatic heterocycles. The summed E-state index contributed by atoms with van der Waals surface area (Å²) in [5.74, 6) is -2.33. The number of nitrogens with two attached hydrogens (primary N) is 1. The Morgan fingerprint density at radius 1 is 1.29 bits per heavy atom. The summed E-state index contributed by atoms with van der Waals surface area (Å²) in [6.07, 6.45) is 1.75. The number of nitrogens with zero attached hydrogens (tertiary/aromatic N) is 1. The predicted molar refractivity (Wildman–Crippen MR) is 80.1 cm³/mol. The molecule has 0 aliphatic carbocycles. The Balaban J connectivity index is 2.38. The summed E-state index contributed by atoms with van der Waals surface area (Å²) in [6, 6.07) is 2.38. The number of hydrogen-bond donors (Lipinski definition) is 2. The lowest BCUT2D eigenvalue weighted by molar-refractivity contribution is 0.0951. The Hall–Kier alpha value is -1.69. The number of rotatable bonds is 7. The zero-order valence-corrected chi connectivity index (χ0v) is 12.7. The molecule has 0 saturated carbocycles. The molecule has 0 spiro atoms. The third kappa shape index (κ3) is 5.30. The molecule has 0 saturated heterocycles. The Morgan fingerprint density at radius 2 is 1.86 bits per heavy atom. The van der Waals surface area contributed by atoms with Crippen molar-refractivity contribution >= 4 is 11.6 Å². The summed E-state index contributed by atoms with van der Waals surface area (Å²) in [6.45, 7) is 5.65. The van der Waals surface area contributed by atoms with Crippen molar-refractivity contribution in [3.63, 3.8) is 0 Å². The maximum absolute atomic E-state index is 13.3. The second-order valence-electron chi connectivity index (χ2n) is 5.39. The highest BCUT2D eigenvalue weighted by molar-refractivity contribution is 5.94. The maximum atomic E-state index is 13.3. The lowest BCUT2D eigenvalue weighted by atomic mass is 10.1. The normalized spacial score (nSPS) is 11.2. The van der Waals surface area contributed by atoms with E-state index in [0.717, 1.165) is 31.5 Å². The van der Waals surface area contributed by atoms with E-state index < -0.39 is 23.2 Å². The van der Waals surface area contributed by atoms with Crippen LogP contribution in [-0.4, -0.2) is 37.0 Å². The molecule has 1 amide bonds. The predicted octanol–water partition coefficient (Wildman–Crippen LogP) is 2.40. The number of benzene rings is 1. The van der Waals surface area contributed by atoms with Crippen molar-refractivity contribution in [2.24, 2.45) is 0 Å². The topological polar surface area (TPSA) is 58.4 Å². The molecular formula is C15H23F2N3O. The van der Waals surface area contributed by atoms with Gasteiger partial charge in [0.15, 0.2) is 0 Å². The molecule has 1 aromatic rings. The van der Waals surface area contributed by atoms with Crippen LogP contribution in [0.25, 0.3) is 0 Å². The van der Waals surface area contributed by atoms with Crippen LogP contribution in [0.2, 0.25) is 0 Å². The van der Waals surface area contributed by atoms with Gasteiger partial charge in [0.05, 0.1) is 0 Å². The third-order valence-corrected chi connectivity index (χ3v) is 3.45. The first-order valence-corrected chi connectivity index (χ1v) is 7.06. The lowest BCUT2D eigenvalue weighted by Crippen LogP contribution is -2.29. The van der Waals surface area contributed by atoms with Crippen LogP contribution >= 0.6 is 0 Å². The van der Waals surface area contributed by atoms with E-state index in [1.165, 1.54) is 0 Å². The zero-order chi connectivity index (χ0) is 16.0. The number of halogens is 2. The molecule has 0 heterocycles. The van der Waals surface area contributed by atoms with E-state index in [4.69, 9.17) is 5.73 Å². The molecule has 0 aliphatic heterocycles. The number of hydrogen-bond acceptors (Lipinski definition) is 3. The minimum atomic E-state index is -0.918. The molecule has 0 fully saturated rings. The molecule has 0 atom stereocenters. The summed E-state index contributed by atoms with van der Waals surface area (Å²) < 4.78 is 26.5. The van der Waals surface area contributed by atoms with Crippen LogP contribution < -0.4 is 11.1 Å². The van der Waals surface area contributed by atoms with Gasteiger partial charge in [0.25, 0.3) is 5.91 Å². The van der Waals surface area contributed by atoms with E-state index in [0.29, 0.717) is 12.6 Å². The van der Waals surface area contributed by atoms with Gasteiger partial charge in [-0.15, -0.1) is 0 Å². The Labute approximate surface area is 124 Å². The zero-order valence-electron chi connectivity index (χ0n) is 12.7. The van der Waals surface area contributed by atoms with Gasteiger partial charge in [0.2, 0.25) is 0 Å². The fourth-order valence-corrected chi connectivity index (χ4v) is 1.76. The van der Waals surface area contributed by atoms with E-state index in [1.807, 2.05) is 7.05 Å². The van der Waals surface area contributed by atoms with E-state index >= 15 is 0 Å². The molecule has 21 heavy (non-hydrogen) atoms. The van der Waals surface area contributed by atoms with Crippen LogP contribution in [0.15, 0.2) is 12.1 Å². The first-order chi connectivity index (χ1) is 9.82. The summed E-state index contributed by atoms with van der Waals surface area (Å²) >= 11 is 0. The van der Waals surface area contributed by atoms with Gasteiger partial charge in [0.1, 0.15) is 17.3 Å². The molecule has 6 heteroatoms. The summed E-state index contributed by atoms with van der Waals surface area (Å²) in [5.41, 5.74) is 4.53. The van der Waals surface area contributed by atoms with Crippen molar-refractivity contribution in [1.29, 1.82) is 0 Å². The van der Waals surface area contributed by atoms with Gasteiger partial charge < -0.3 is 16.0 Å². The minimum absolute atomic E-state index is 0.0569. The van der Waals surface area contributed by atoms with Crippen LogP contribution in [0.1, 0.15) is 37.0 Å². The van der Waals surface area contributed by atoms with Crippen LogP contribution in [-0.2, 0) is 0 Å². The van der Waals surface area contributed by atoms with Crippen LogP contribution in [0, 0.1) is 11.6 Å². The highest BCUT2D eigenvalue weighted by Gasteiger charge is 2.12. The van der Waals surface area contributed by atoms with Gasteiger partial charge in [-0.3, -0.25) is 4.79 Å². The number of anilines is 1. The van der Waals surface area contributed by atoms with Gasteiger partial charge in [-0.1, -0.05) is 0 Å². The number of amides is 1. The smallest absolute Gasteiger partial charge is 0.251 e. The maximum Gasteiger partial charge on any atom is 0.251 e. The second kappa shape index (κ2) is 7.93. The van der Waals surface area contributed by atoms with Gasteiger partial charge in [-0.05, 0) is 52.4 Å². The van der Waals surface area contributed by atoms with Crippen molar-refractivity contribution in [2.45, 2.75) is 32.7 Å². The van der Waals surface area contributed by atoms with Crippen molar-refractivity contribution < 1.29 is 13.6 Å². The monoisotopic (exact) mass is 299 g/mol. The van der Waals surface area contributed by atoms with Crippen LogP contribution in [0.3, 0.4) is 0 Å². The van der Waals surface area contributed by atoms with Crippen molar-refractivity contribution in [2.75, 3.05) is 25.9 Å². The van der Waals surface area contributed by atoms with Crippen molar-refractivity contribution in [3.8, 4) is 0 Å². The fourth-order valence-electron chi connectivity index (χ4n) is 1.76. The molecule has 0 bridgehead atoms. The largest absolute Gasteiger partial charge is 0.394 e.